The first kappa shape index (κ1) is 15.6. The third-order valence-electron chi connectivity index (χ3n) is 2.74. The molecule has 0 bridgehead atoms. The SMILES string of the molecule is O=C(O)c1ccc(I)c(OCCCOc2ccccc2)c1. The molecule has 2 aromatic carbocycles. The molecule has 2 rings (SSSR count). The summed E-state index contributed by atoms with van der Waals surface area (Å²) in [6, 6.07) is 14.4. The summed E-state index contributed by atoms with van der Waals surface area (Å²) in [4.78, 5) is 10.9. The molecule has 0 fully saturated rings. The number of carbonyl (C=O) groups is 1. The molecule has 2 aromatic rings. The molecule has 0 unspecified atom stereocenters. The summed E-state index contributed by atoms with van der Waals surface area (Å²) >= 11 is 2.12. The molecular weight excluding hydrogens is 383 g/mol. The van der Waals surface area contributed by atoms with Crippen molar-refractivity contribution in [2.45, 2.75) is 6.42 Å². The van der Waals surface area contributed by atoms with E-state index < -0.39 is 5.97 Å². The number of hydrogen-bond acceptors (Lipinski definition) is 3. The molecule has 110 valence electrons. The Morgan fingerprint density at radius 1 is 1.05 bits per heavy atom. The van der Waals surface area contributed by atoms with Crippen LogP contribution in [0.2, 0.25) is 0 Å². The highest BCUT2D eigenvalue weighted by Gasteiger charge is 2.07. The number of benzene rings is 2. The molecule has 0 radical (unpaired) electrons. The number of hydrogen-bond donors (Lipinski definition) is 1. The van der Waals surface area contributed by atoms with E-state index in [4.69, 9.17) is 14.6 Å². The van der Waals surface area contributed by atoms with Crippen molar-refractivity contribution in [2.24, 2.45) is 0 Å². The maximum Gasteiger partial charge on any atom is 0.335 e. The van der Waals surface area contributed by atoms with Crippen LogP contribution in [0, 0.1) is 3.57 Å². The van der Waals surface area contributed by atoms with E-state index in [1.54, 1.807) is 18.2 Å². The van der Waals surface area contributed by atoms with Gasteiger partial charge in [-0.1, -0.05) is 18.2 Å². The van der Waals surface area contributed by atoms with Crippen molar-refractivity contribution in [3.63, 3.8) is 0 Å². The van der Waals surface area contributed by atoms with E-state index in [9.17, 15) is 4.79 Å². The molecule has 1 N–H and O–H groups in total. The van der Waals surface area contributed by atoms with Crippen molar-refractivity contribution < 1.29 is 19.4 Å². The average Bonchev–Trinajstić information content (AvgIpc) is 2.49. The van der Waals surface area contributed by atoms with E-state index in [2.05, 4.69) is 22.6 Å². The zero-order chi connectivity index (χ0) is 15.1. The Balaban J connectivity index is 1.78. The highest BCUT2D eigenvalue weighted by molar-refractivity contribution is 14.1. The fourth-order valence-corrected chi connectivity index (χ4v) is 2.19. The van der Waals surface area contributed by atoms with Gasteiger partial charge in [0.05, 0.1) is 22.3 Å². The number of halogens is 1. The lowest BCUT2D eigenvalue weighted by molar-refractivity contribution is 0.0696. The Morgan fingerprint density at radius 2 is 1.76 bits per heavy atom. The van der Waals surface area contributed by atoms with Gasteiger partial charge in [-0.2, -0.15) is 0 Å². The Kier molecular flexibility index (Phi) is 5.86. The van der Waals surface area contributed by atoms with E-state index in [-0.39, 0.29) is 5.56 Å². The van der Waals surface area contributed by atoms with Gasteiger partial charge in [0.1, 0.15) is 11.5 Å². The van der Waals surface area contributed by atoms with E-state index in [1.165, 1.54) is 0 Å². The maximum atomic E-state index is 10.9. The molecule has 0 saturated heterocycles. The minimum atomic E-state index is -0.955. The van der Waals surface area contributed by atoms with Crippen LogP contribution in [0.4, 0.5) is 0 Å². The van der Waals surface area contributed by atoms with Gasteiger partial charge in [-0.3, -0.25) is 0 Å². The molecule has 0 aromatic heterocycles. The van der Waals surface area contributed by atoms with Crippen molar-refractivity contribution in [1.82, 2.24) is 0 Å². The van der Waals surface area contributed by atoms with Crippen LogP contribution in [0.1, 0.15) is 16.8 Å². The lowest BCUT2D eigenvalue weighted by Gasteiger charge is -2.10. The first-order chi connectivity index (χ1) is 10.2. The minimum Gasteiger partial charge on any atom is -0.493 e. The van der Waals surface area contributed by atoms with Gasteiger partial charge in [0.25, 0.3) is 0 Å². The van der Waals surface area contributed by atoms with Crippen molar-refractivity contribution in [2.75, 3.05) is 13.2 Å². The monoisotopic (exact) mass is 398 g/mol. The number of rotatable bonds is 7. The predicted molar refractivity (Wildman–Crippen MR) is 88.2 cm³/mol. The molecule has 0 heterocycles. The van der Waals surface area contributed by atoms with Crippen molar-refractivity contribution >= 4 is 28.6 Å². The van der Waals surface area contributed by atoms with Gasteiger partial charge < -0.3 is 14.6 Å². The van der Waals surface area contributed by atoms with Gasteiger partial charge in [-0.25, -0.2) is 4.79 Å². The summed E-state index contributed by atoms with van der Waals surface area (Å²) in [5.41, 5.74) is 0.228. The molecule has 0 aliphatic heterocycles. The molecule has 0 aliphatic carbocycles. The van der Waals surface area contributed by atoms with Crippen LogP contribution in [0.5, 0.6) is 11.5 Å². The van der Waals surface area contributed by atoms with Crippen molar-refractivity contribution in [3.05, 3.63) is 57.7 Å². The van der Waals surface area contributed by atoms with Gasteiger partial charge in [0.15, 0.2) is 0 Å². The molecule has 0 amide bonds. The third kappa shape index (κ3) is 4.93. The van der Waals surface area contributed by atoms with E-state index in [0.717, 1.165) is 15.7 Å². The maximum absolute atomic E-state index is 10.9. The second-order valence-corrected chi connectivity index (χ2v) is 5.48. The van der Waals surface area contributed by atoms with Gasteiger partial charge in [0.2, 0.25) is 0 Å². The Morgan fingerprint density at radius 3 is 2.48 bits per heavy atom. The molecule has 0 atom stereocenters. The molecule has 5 heteroatoms. The summed E-state index contributed by atoms with van der Waals surface area (Å²) in [5.74, 6) is 0.471. The second-order valence-electron chi connectivity index (χ2n) is 4.31. The third-order valence-corrected chi connectivity index (χ3v) is 3.63. The molecule has 21 heavy (non-hydrogen) atoms. The standard InChI is InChI=1S/C16H15IO4/c17-14-8-7-12(16(18)19)11-15(14)21-10-4-9-20-13-5-2-1-3-6-13/h1-3,5-8,11H,4,9-10H2,(H,18,19). The fourth-order valence-electron chi connectivity index (χ4n) is 1.69. The highest BCUT2D eigenvalue weighted by Crippen LogP contribution is 2.22. The summed E-state index contributed by atoms with van der Waals surface area (Å²) < 4.78 is 12.1. The Hall–Kier alpha value is -1.76. The lowest BCUT2D eigenvalue weighted by Crippen LogP contribution is -2.06. The predicted octanol–water partition coefficient (Wildman–Crippen LogP) is 3.84. The van der Waals surface area contributed by atoms with E-state index >= 15 is 0 Å². The average molecular weight is 398 g/mol. The molecule has 0 aliphatic rings. The van der Waals surface area contributed by atoms with Crippen LogP contribution in [0.25, 0.3) is 0 Å². The molecule has 4 nitrogen and oxygen atoms in total. The summed E-state index contributed by atoms with van der Waals surface area (Å²) in [6.45, 7) is 1.03. The first-order valence-electron chi connectivity index (χ1n) is 6.50. The number of aromatic carboxylic acids is 1. The number of para-hydroxylation sites is 1. The molecule has 0 saturated carbocycles. The van der Waals surface area contributed by atoms with Crippen molar-refractivity contribution in [1.29, 1.82) is 0 Å². The van der Waals surface area contributed by atoms with Crippen LogP contribution >= 0.6 is 22.6 Å². The number of carboxylic acids is 1. The zero-order valence-electron chi connectivity index (χ0n) is 11.3. The molecule has 0 spiro atoms. The highest BCUT2D eigenvalue weighted by atomic mass is 127. The minimum absolute atomic E-state index is 0.228. The molecular formula is C16H15IO4. The summed E-state index contributed by atoms with van der Waals surface area (Å²) in [6.07, 6.45) is 0.724. The van der Waals surface area contributed by atoms with Gasteiger partial charge >= 0.3 is 5.97 Å². The van der Waals surface area contributed by atoms with Crippen LogP contribution in [-0.4, -0.2) is 24.3 Å². The quantitative estimate of drug-likeness (QED) is 0.569. The van der Waals surface area contributed by atoms with Gasteiger partial charge in [-0.15, -0.1) is 0 Å². The number of ether oxygens (including phenoxy) is 2. The topological polar surface area (TPSA) is 55.8 Å². The Bertz CT molecular complexity index is 598. The number of carboxylic acid groups (broad SMARTS) is 1. The second kappa shape index (κ2) is 7.87. The van der Waals surface area contributed by atoms with Crippen LogP contribution in [0.15, 0.2) is 48.5 Å². The van der Waals surface area contributed by atoms with Crippen LogP contribution in [0.3, 0.4) is 0 Å². The summed E-state index contributed by atoms with van der Waals surface area (Å²) in [7, 11) is 0. The zero-order valence-corrected chi connectivity index (χ0v) is 13.4. The van der Waals surface area contributed by atoms with Crippen LogP contribution < -0.4 is 9.47 Å². The normalized spacial score (nSPS) is 10.1. The largest absolute Gasteiger partial charge is 0.493 e. The van der Waals surface area contributed by atoms with Gasteiger partial charge in [-0.05, 0) is 52.9 Å². The van der Waals surface area contributed by atoms with E-state index in [0.29, 0.717) is 19.0 Å². The van der Waals surface area contributed by atoms with Crippen LogP contribution in [-0.2, 0) is 0 Å². The van der Waals surface area contributed by atoms with Gasteiger partial charge in [0, 0.05) is 6.42 Å². The van der Waals surface area contributed by atoms with Crippen molar-refractivity contribution in [3.8, 4) is 11.5 Å². The lowest BCUT2D eigenvalue weighted by atomic mass is 10.2. The van der Waals surface area contributed by atoms with E-state index in [1.807, 2.05) is 30.3 Å². The Labute approximate surface area is 136 Å². The fraction of sp³-hybridized carbons (Fsp3) is 0.188. The first-order valence-corrected chi connectivity index (χ1v) is 7.58. The smallest absolute Gasteiger partial charge is 0.335 e. The summed E-state index contributed by atoms with van der Waals surface area (Å²) in [5, 5.41) is 8.96.